The Morgan fingerprint density at radius 2 is 1.66 bits per heavy atom. The highest BCUT2D eigenvalue weighted by molar-refractivity contribution is 6.37. The van der Waals surface area contributed by atoms with Crippen LogP contribution < -0.4 is 15.4 Å². The van der Waals surface area contributed by atoms with Crippen LogP contribution in [0.15, 0.2) is 60.2 Å². The lowest BCUT2D eigenvalue weighted by atomic mass is 10.1. The van der Waals surface area contributed by atoms with Crippen LogP contribution in [-0.2, 0) is 9.59 Å². The van der Waals surface area contributed by atoms with Crippen molar-refractivity contribution in [3.05, 3.63) is 92.5 Å². The molecule has 8 heteroatoms. The van der Waals surface area contributed by atoms with Crippen molar-refractivity contribution in [2.75, 3.05) is 17.2 Å². The van der Waals surface area contributed by atoms with Crippen molar-refractivity contribution in [1.82, 2.24) is 0 Å². The molecule has 0 aliphatic carbocycles. The molecule has 2 amide bonds. The maximum atomic E-state index is 12.5. The van der Waals surface area contributed by atoms with Gasteiger partial charge in [0.25, 0.3) is 11.8 Å². The van der Waals surface area contributed by atoms with Gasteiger partial charge >= 0.3 is 0 Å². The van der Waals surface area contributed by atoms with Crippen LogP contribution in [-0.4, -0.2) is 18.4 Å². The normalized spacial score (nSPS) is 10.9. The number of ether oxygens (including phenoxy) is 1. The van der Waals surface area contributed by atoms with E-state index >= 15 is 0 Å². The summed E-state index contributed by atoms with van der Waals surface area (Å²) in [6, 6.07) is 17.9. The fourth-order valence-corrected chi connectivity index (χ4v) is 3.84. The van der Waals surface area contributed by atoms with Gasteiger partial charge in [0.05, 0.1) is 10.0 Å². The number of carbonyl (C=O) groups excluding carboxylic acids is 2. The summed E-state index contributed by atoms with van der Waals surface area (Å²) in [4.78, 5) is 24.9. The molecule has 0 aromatic heterocycles. The second kappa shape index (κ2) is 11.6. The average molecular weight is 508 g/mol. The summed E-state index contributed by atoms with van der Waals surface area (Å²) in [5.41, 5.74) is 4.51. The molecule has 0 unspecified atom stereocenters. The van der Waals surface area contributed by atoms with Crippen LogP contribution in [0.4, 0.5) is 11.4 Å². The number of aryl methyl sites for hydroxylation is 3. The van der Waals surface area contributed by atoms with Gasteiger partial charge in [-0.2, -0.15) is 5.26 Å². The lowest BCUT2D eigenvalue weighted by molar-refractivity contribution is -0.118. The summed E-state index contributed by atoms with van der Waals surface area (Å²) in [6.45, 7) is 5.43. The highest BCUT2D eigenvalue weighted by atomic mass is 35.5. The van der Waals surface area contributed by atoms with Gasteiger partial charge < -0.3 is 15.4 Å². The number of nitrogens with one attached hydrogen (secondary N) is 2. The van der Waals surface area contributed by atoms with Crippen LogP contribution in [0, 0.1) is 32.1 Å². The molecular formula is C27H23Cl2N3O3. The van der Waals surface area contributed by atoms with Gasteiger partial charge in [0.1, 0.15) is 11.6 Å². The van der Waals surface area contributed by atoms with E-state index < -0.39 is 5.91 Å². The molecule has 3 aromatic carbocycles. The number of hydrogen-bond donors (Lipinski definition) is 2. The monoisotopic (exact) mass is 507 g/mol. The number of carbonyl (C=O) groups is 2. The molecule has 35 heavy (non-hydrogen) atoms. The highest BCUT2D eigenvalue weighted by Crippen LogP contribution is 2.35. The first-order valence-corrected chi connectivity index (χ1v) is 11.4. The maximum absolute atomic E-state index is 12.5. The first-order chi connectivity index (χ1) is 16.7. The van der Waals surface area contributed by atoms with Gasteiger partial charge in [-0.05, 0) is 79.4 Å². The predicted octanol–water partition coefficient (Wildman–Crippen LogP) is 6.48. The lowest BCUT2D eigenvalue weighted by Crippen LogP contribution is -2.21. The molecular weight excluding hydrogens is 485 g/mol. The third-order valence-electron chi connectivity index (χ3n) is 4.99. The number of benzene rings is 3. The summed E-state index contributed by atoms with van der Waals surface area (Å²) in [6.07, 6.45) is 1.37. The van der Waals surface area contributed by atoms with Gasteiger partial charge in [0, 0.05) is 11.4 Å². The van der Waals surface area contributed by atoms with Gasteiger partial charge in [0.2, 0.25) is 0 Å². The molecule has 0 saturated carbocycles. The zero-order valence-corrected chi connectivity index (χ0v) is 20.9. The summed E-state index contributed by atoms with van der Waals surface area (Å²) < 4.78 is 5.55. The lowest BCUT2D eigenvalue weighted by Gasteiger charge is -2.13. The van der Waals surface area contributed by atoms with Crippen LogP contribution in [0.2, 0.25) is 10.0 Å². The van der Waals surface area contributed by atoms with Crippen LogP contribution in [0.5, 0.6) is 5.75 Å². The van der Waals surface area contributed by atoms with Gasteiger partial charge in [-0.25, -0.2) is 0 Å². The van der Waals surface area contributed by atoms with E-state index in [-0.39, 0.29) is 33.9 Å². The largest absolute Gasteiger partial charge is 0.481 e. The molecule has 3 rings (SSSR count). The average Bonchev–Trinajstić information content (AvgIpc) is 2.79. The minimum Gasteiger partial charge on any atom is -0.481 e. The van der Waals surface area contributed by atoms with E-state index in [2.05, 4.69) is 10.6 Å². The molecule has 0 radical (unpaired) electrons. The molecule has 0 bridgehead atoms. The Balaban J connectivity index is 1.70. The predicted molar refractivity (Wildman–Crippen MR) is 140 cm³/mol. The second-order valence-electron chi connectivity index (χ2n) is 7.96. The van der Waals surface area contributed by atoms with Crippen LogP contribution in [0.3, 0.4) is 0 Å². The third kappa shape index (κ3) is 7.10. The number of hydrogen-bond acceptors (Lipinski definition) is 4. The Morgan fingerprint density at radius 3 is 2.31 bits per heavy atom. The molecule has 0 fully saturated rings. The molecule has 178 valence electrons. The Kier molecular flexibility index (Phi) is 8.53. The molecule has 0 spiro atoms. The van der Waals surface area contributed by atoms with Crippen molar-refractivity contribution in [3.63, 3.8) is 0 Å². The minimum atomic E-state index is -0.561. The van der Waals surface area contributed by atoms with Crippen molar-refractivity contribution in [3.8, 4) is 11.8 Å². The van der Waals surface area contributed by atoms with Crippen molar-refractivity contribution in [2.45, 2.75) is 20.8 Å². The van der Waals surface area contributed by atoms with E-state index in [0.717, 1.165) is 16.7 Å². The van der Waals surface area contributed by atoms with Crippen molar-refractivity contribution < 1.29 is 14.3 Å². The molecule has 0 heterocycles. The van der Waals surface area contributed by atoms with Gasteiger partial charge in [0.15, 0.2) is 12.4 Å². The van der Waals surface area contributed by atoms with Crippen molar-refractivity contribution in [2.24, 2.45) is 0 Å². The van der Waals surface area contributed by atoms with Crippen molar-refractivity contribution >= 4 is 52.5 Å². The number of anilines is 2. The number of halogens is 2. The van der Waals surface area contributed by atoms with Gasteiger partial charge in [-0.3, -0.25) is 9.59 Å². The van der Waals surface area contributed by atoms with E-state index in [1.165, 1.54) is 18.2 Å². The number of rotatable bonds is 7. The number of nitriles is 1. The molecule has 2 N–H and O–H groups in total. The van der Waals surface area contributed by atoms with E-state index in [4.69, 9.17) is 27.9 Å². The summed E-state index contributed by atoms with van der Waals surface area (Å²) in [5, 5.41) is 15.2. The minimum absolute atomic E-state index is 0.125. The number of nitrogens with zero attached hydrogens (tertiary/aromatic N) is 1. The number of amides is 2. The second-order valence-corrected chi connectivity index (χ2v) is 8.78. The quantitative estimate of drug-likeness (QED) is 0.282. The summed E-state index contributed by atoms with van der Waals surface area (Å²) in [5.74, 6) is -0.799. The Bertz CT molecular complexity index is 1340. The zero-order valence-electron chi connectivity index (χ0n) is 19.4. The van der Waals surface area contributed by atoms with Gasteiger partial charge in [-0.1, -0.05) is 47.5 Å². The van der Waals surface area contributed by atoms with E-state index in [1.54, 1.807) is 18.2 Å². The Hall–Kier alpha value is -3.79. The Morgan fingerprint density at radius 1 is 0.971 bits per heavy atom. The molecule has 0 atom stereocenters. The molecule has 0 saturated heterocycles. The van der Waals surface area contributed by atoms with Crippen LogP contribution >= 0.6 is 23.2 Å². The van der Waals surface area contributed by atoms with E-state index in [9.17, 15) is 14.9 Å². The highest BCUT2D eigenvalue weighted by Gasteiger charge is 2.15. The molecule has 3 aromatic rings. The summed E-state index contributed by atoms with van der Waals surface area (Å²) in [7, 11) is 0. The van der Waals surface area contributed by atoms with Crippen LogP contribution in [0.25, 0.3) is 6.08 Å². The topological polar surface area (TPSA) is 91.2 Å². The SMILES string of the molecule is Cc1cccc(NC(=O)/C(C#N)=C/c2cc(Cl)c(OCC(=O)Nc3cc(C)ccc3C)c(Cl)c2)c1. The molecule has 6 nitrogen and oxygen atoms in total. The summed E-state index contributed by atoms with van der Waals surface area (Å²) >= 11 is 12.6. The zero-order chi connectivity index (χ0) is 25.5. The van der Waals surface area contributed by atoms with E-state index in [1.807, 2.05) is 51.1 Å². The maximum Gasteiger partial charge on any atom is 0.266 e. The fourth-order valence-electron chi connectivity index (χ4n) is 3.23. The third-order valence-corrected chi connectivity index (χ3v) is 5.55. The fraction of sp³-hybridized carbons (Fsp3) is 0.148. The first kappa shape index (κ1) is 25.8. The van der Waals surface area contributed by atoms with E-state index in [0.29, 0.717) is 16.9 Å². The van der Waals surface area contributed by atoms with Gasteiger partial charge in [-0.15, -0.1) is 0 Å². The van der Waals surface area contributed by atoms with Crippen LogP contribution in [0.1, 0.15) is 22.3 Å². The first-order valence-electron chi connectivity index (χ1n) is 10.6. The molecule has 0 aliphatic heterocycles. The smallest absolute Gasteiger partial charge is 0.266 e. The standard InChI is InChI=1S/C27H23Cl2N3O3/c1-16-5-4-6-21(9-16)31-27(34)20(14-30)11-19-12-22(28)26(23(29)13-19)35-15-25(33)32-24-10-17(2)7-8-18(24)3/h4-13H,15H2,1-3H3,(H,31,34)(H,32,33)/b20-11+. The molecule has 0 aliphatic rings. The Labute approximate surface area is 214 Å². The van der Waals surface area contributed by atoms with Crippen molar-refractivity contribution in [1.29, 1.82) is 5.26 Å².